The fourth-order valence-corrected chi connectivity index (χ4v) is 2.06. The first kappa shape index (κ1) is 11.2. The molecule has 0 radical (unpaired) electrons. The van der Waals surface area contributed by atoms with Crippen LogP contribution >= 0.6 is 0 Å². The van der Waals surface area contributed by atoms with Crippen LogP contribution in [0.3, 0.4) is 0 Å². The normalized spacial score (nSPS) is 17.4. The summed E-state index contributed by atoms with van der Waals surface area (Å²) in [5, 5.41) is 9.13. The van der Waals surface area contributed by atoms with E-state index in [4.69, 9.17) is 11.5 Å². The Labute approximate surface area is 98.9 Å². The highest BCUT2D eigenvalue weighted by atomic mass is 16.4. The largest absolute Gasteiger partial charge is 0.480 e. The maximum Gasteiger partial charge on any atom is 0.327 e. The van der Waals surface area contributed by atoms with Gasteiger partial charge in [-0.25, -0.2) is 4.79 Å². The third-order valence-electron chi connectivity index (χ3n) is 2.78. The lowest BCUT2D eigenvalue weighted by Crippen LogP contribution is -2.42. The maximum absolute atomic E-state index is 11.8. The van der Waals surface area contributed by atoms with Crippen molar-refractivity contribution in [3.8, 4) is 12.3 Å². The molecule has 0 aliphatic carbocycles. The molecule has 2 rings (SSSR count). The maximum atomic E-state index is 11.8. The van der Waals surface area contributed by atoms with Crippen molar-refractivity contribution in [3.63, 3.8) is 0 Å². The minimum absolute atomic E-state index is 0.0852. The summed E-state index contributed by atoms with van der Waals surface area (Å²) in [4.78, 5) is 24.3. The fraction of sp³-hybridized carbons (Fsp3) is 0.231. The van der Waals surface area contributed by atoms with Crippen LogP contribution in [0.2, 0.25) is 0 Å². The Hall–Kier alpha value is -2.28. The van der Waals surface area contributed by atoms with Crippen molar-refractivity contribution in [2.75, 3.05) is 4.90 Å². The SMILES string of the molecule is C#CCC(=O)N1c2ccccc2CC1C(=O)O. The summed E-state index contributed by atoms with van der Waals surface area (Å²) < 4.78 is 0. The number of aliphatic carboxylic acids is 1. The number of hydrogen-bond acceptors (Lipinski definition) is 2. The van der Waals surface area contributed by atoms with E-state index in [9.17, 15) is 9.59 Å². The molecule has 1 amide bonds. The number of hydrogen-bond donors (Lipinski definition) is 1. The summed E-state index contributed by atoms with van der Waals surface area (Å²) in [5.41, 5.74) is 1.52. The summed E-state index contributed by atoms with van der Waals surface area (Å²) >= 11 is 0. The Kier molecular flexibility index (Phi) is 2.84. The Morgan fingerprint density at radius 1 is 1.47 bits per heavy atom. The van der Waals surface area contributed by atoms with Crippen LogP contribution in [0.4, 0.5) is 5.69 Å². The number of carboxylic acids is 1. The molecular formula is C13H11NO3. The topological polar surface area (TPSA) is 57.6 Å². The van der Waals surface area contributed by atoms with Crippen molar-refractivity contribution in [1.82, 2.24) is 0 Å². The van der Waals surface area contributed by atoms with Gasteiger partial charge in [-0.05, 0) is 11.6 Å². The molecule has 1 N–H and O–H groups in total. The standard InChI is InChI=1S/C13H11NO3/c1-2-5-12(15)14-10-7-4-3-6-9(10)8-11(14)13(16)17/h1,3-4,6-7,11H,5,8H2,(H,16,17). The lowest BCUT2D eigenvalue weighted by Gasteiger charge is -2.21. The Balaban J connectivity index is 2.41. The number of carbonyl (C=O) groups excluding carboxylic acids is 1. The van der Waals surface area contributed by atoms with Gasteiger partial charge in [-0.1, -0.05) is 24.1 Å². The third-order valence-corrected chi connectivity index (χ3v) is 2.78. The molecule has 0 saturated carbocycles. The first-order valence-corrected chi connectivity index (χ1v) is 5.21. The van der Waals surface area contributed by atoms with Gasteiger partial charge in [-0.2, -0.15) is 0 Å². The average Bonchev–Trinajstić information content (AvgIpc) is 2.68. The average molecular weight is 229 g/mol. The number of anilines is 1. The van der Waals surface area contributed by atoms with Gasteiger partial charge < -0.3 is 5.11 Å². The number of amides is 1. The van der Waals surface area contributed by atoms with Crippen molar-refractivity contribution >= 4 is 17.6 Å². The van der Waals surface area contributed by atoms with Gasteiger partial charge in [0.15, 0.2) is 0 Å². The smallest absolute Gasteiger partial charge is 0.327 e. The van der Waals surface area contributed by atoms with Gasteiger partial charge in [0.1, 0.15) is 6.04 Å². The molecular weight excluding hydrogens is 218 g/mol. The minimum atomic E-state index is -1.01. The number of nitrogens with zero attached hydrogens (tertiary/aromatic N) is 1. The monoisotopic (exact) mass is 229 g/mol. The molecule has 0 saturated heterocycles. The van der Waals surface area contributed by atoms with E-state index in [-0.39, 0.29) is 12.3 Å². The Morgan fingerprint density at radius 2 is 2.18 bits per heavy atom. The van der Waals surface area contributed by atoms with Crippen LogP contribution in [0.1, 0.15) is 12.0 Å². The van der Waals surface area contributed by atoms with E-state index in [1.807, 2.05) is 12.1 Å². The Morgan fingerprint density at radius 3 is 2.82 bits per heavy atom. The van der Waals surface area contributed by atoms with Crippen LogP contribution in [0.15, 0.2) is 24.3 Å². The molecule has 1 aliphatic rings. The van der Waals surface area contributed by atoms with E-state index < -0.39 is 12.0 Å². The van der Waals surface area contributed by atoms with E-state index in [0.29, 0.717) is 12.1 Å². The number of rotatable bonds is 2. The van der Waals surface area contributed by atoms with E-state index in [1.165, 1.54) is 4.90 Å². The van der Waals surface area contributed by atoms with Gasteiger partial charge in [0, 0.05) is 12.1 Å². The van der Waals surface area contributed by atoms with Gasteiger partial charge in [0.05, 0.1) is 6.42 Å². The molecule has 4 nitrogen and oxygen atoms in total. The highest BCUT2D eigenvalue weighted by molar-refractivity contribution is 6.02. The molecule has 1 aliphatic heterocycles. The predicted molar refractivity (Wildman–Crippen MR) is 62.5 cm³/mol. The van der Waals surface area contributed by atoms with Crippen LogP contribution in [0.5, 0.6) is 0 Å². The Bertz CT molecular complexity index is 516. The van der Waals surface area contributed by atoms with Crippen LogP contribution in [0, 0.1) is 12.3 Å². The summed E-state index contributed by atoms with van der Waals surface area (Å²) in [6.45, 7) is 0. The number of fused-ring (bicyclic) bond motifs is 1. The zero-order valence-electron chi connectivity index (χ0n) is 9.09. The molecule has 0 bridgehead atoms. The van der Waals surface area contributed by atoms with Crippen molar-refractivity contribution in [2.45, 2.75) is 18.9 Å². The summed E-state index contributed by atoms with van der Waals surface area (Å²) in [7, 11) is 0. The summed E-state index contributed by atoms with van der Waals surface area (Å²) in [6.07, 6.45) is 5.34. The molecule has 0 spiro atoms. The number of carboxylic acid groups (broad SMARTS) is 1. The van der Waals surface area contributed by atoms with Gasteiger partial charge in [0.25, 0.3) is 0 Å². The second kappa shape index (κ2) is 4.30. The molecule has 0 fully saturated rings. The number of para-hydroxylation sites is 1. The molecule has 86 valence electrons. The molecule has 1 atom stereocenters. The van der Waals surface area contributed by atoms with Crippen LogP contribution < -0.4 is 4.90 Å². The summed E-state index contributed by atoms with van der Waals surface area (Å²) in [6, 6.07) is 6.33. The first-order valence-electron chi connectivity index (χ1n) is 5.21. The van der Waals surface area contributed by atoms with Crippen LogP contribution in [0.25, 0.3) is 0 Å². The highest BCUT2D eigenvalue weighted by Gasteiger charge is 2.37. The fourth-order valence-electron chi connectivity index (χ4n) is 2.06. The van der Waals surface area contributed by atoms with Gasteiger partial charge in [-0.3, -0.25) is 9.69 Å². The minimum Gasteiger partial charge on any atom is -0.480 e. The molecule has 1 aromatic rings. The van der Waals surface area contributed by atoms with Gasteiger partial charge in [-0.15, -0.1) is 6.42 Å². The molecule has 4 heteroatoms. The predicted octanol–water partition coefficient (Wildman–Crippen LogP) is 1.05. The van der Waals surface area contributed by atoms with E-state index in [2.05, 4.69) is 5.92 Å². The molecule has 1 heterocycles. The van der Waals surface area contributed by atoms with E-state index >= 15 is 0 Å². The second-order valence-electron chi connectivity index (χ2n) is 3.83. The van der Waals surface area contributed by atoms with Crippen molar-refractivity contribution in [3.05, 3.63) is 29.8 Å². The van der Waals surface area contributed by atoms with Crippen molar-refractivity contribution in [2.24, 2.45) is 0 Å². The second-order valence-corrected chi connectivity index (χ2v) is 3.83. The van der Waals surface area contributed by atoms with Crippen molar-refractivity contribution < 1.29 is 14.7 Å². The number of carbonyl (C=O) groups is 2. The van der Waals surface area contributed by atoms with Gasteiger partial charge in [0.2, 0.25) is 5.91 Å². The molecule has 17 heavy (non-hydrogen) atoms. The van der Waals surface area contributed by atoms with E-state index in [1.54, 1.807) is 12.1 Å². The zero-order chi connectivity index (χ0) is 12.4. The molecule has 0 aromatic heterocycles. The molecule has 1 unspecified atom stereocenters. The lowest BCUT2D eigenvalue weighted by atomic mass is 10.1. The lowest BCUT2D eigenvalue weighted by molar-refractivity contribution is -0.139. The number of benzene rings is 1. The zero-order valence-corrected chi connectivity index (χ0v) is 9.09. The summed E-state index contributed by atoms with van der Waals surface area (Å²) in [5.74, 6) is 0.900. The van der Waals surface area contributed by atoms with Crippen LogP contribution in [-0.4, -0.2) is 23.0 Å². The van der Waals surface area contributed by atoms with Crippen LogP contribution in [-0.2, 0) is 16.0 Å². The van der Waals surface area contributed by atoms with Gasteiger partial charge >= 0.3 is 5.97 Å². The first-order chi connectivity index (χ1) is 8.15. The van der Waals surface area contributed by atoms with E-state index in [0.717, 1.165) is 5.56 Å². The highest BCUT2D eigenvalue weighted by Crippen LogP contribution is 2.32. The molecule has 1 aromatic carbocycles. The quantitative estimate of drug-likeness (QED) is 0.771. The number of terminal acetylenes is 1. The van der Waals surface area contributed by atoms with Crippen molar-refractivity contribution in [1.29, 1.82) is 0 Å². The third kappa shape index (κ3) is 1.87.